The summed E-state index contributed by atoms with van der Waals surface area (Å²) >= 11 is 7.22. The fourth-order valence-corrected chi connectivity index (χ4v) is 4.50. The average molecular weight is 447 g/mol. The molecule has 30 heavy (non-hydrogen) atoms. The number of piperazine rings is 1. The van der Waals surface area contributed by atoms with Crippen LogP contribution in [0.3, 0.4) is 0 Å². The Morgan fingerprint density at radius 1 is 1.20 bits per heavy atom. The molecule has 0 atom stereocenters. The van der Waals surface area contributed by atoms with Gasteiger partial charge in [0.25, 0.3) is 5.56 Å². The van der Waals surface area contributed by atoms with Gasteiger partial charge >= 0.3 is 0 Å². The lowest BCUT2D eigenvalue weighted by atomic mass is 10.2. The third kappa shape index (κ3) is 4.63. The van der Waals surface area contributed by atoms with Crippen LogP contribution in [0.2, 0.25) is 5.02 Å². The van der Waals surface area contributed by atoms with Crippen molar-refractivity contribution in [1.29, 1.82) is 0 Å². The number of aromatic nitrogens is 3. The van der Waals surface area contributed by atoms with Crippen LogP contribution in [0.25, 0.3) is 10.3 Å². The first-order valence-corrected chi connectivity index (χ1v) is 11.1. The highest BCUT2D eigenvalue weighted by Crippen LogP contribution is 2.26. The Morgan fingerprint density at radius 3 is 2.63 bits per heavy atom. The van der Waals surface area contributed by atoms with E-state index in [9.17, 15) is 9.59 Å². The second kappa shape index (κ2) is 9.11. The lowest BCUT2D eigenvalue weighted by molar-refractivity contribution is -0.121. The standard InChI is InChI=1S/C20H23ClN6O2S/c1-2-25-7-9-26(10-8-25)20-24-18-17(30-20)19(29)27(13-23-18)12-16(28)22-11-14-3-5-15(21)6-4-14/h3-6,13H,2,7-12H2,1H3,(H,22,28). The predicted molar refractivity (Wildman–Crippen MR) is 119 cm³/mol. The van der Waals surface area contributed by atoms with Gasteiger partial charge in [-0.2, -0.15) is 4.98 Å². The van der Waals surface area contributed by atoms with Crippen molar-refractivity contribution in [2.75, 3.05) is 37.6 Å². The van der Waals surface area contributed by atoms with Crippen molar-refractivity contribution in [3.05, 3.63) is 51.5 Å². The smallest absolute Gasteiger partial charge is 0.273 e. The van der Waals surface area contributed by atoms with Gasteiger partial charge < -0.3 is 15.1 Å². The van der Waals surface area contributed by atoms with Gasteiger partial charge in [0.2, 0.25) is 5.91 Å². The fraction of sp³-hybridized carbons (Fsp3) is 0.400. The Hall–Kier alpha value is -2.49. The number of anilines is 1. The van der Waals surface area contributed by atoms with Crippen LogP contribution in [0.5, 0.6) is 0 Å². The SMILES string of the molecule is CCN1CCN(c2nc3ncn(CC(=O)NCc4ccc(Cl)cc4)c(=O)c3s2)CC1. The average Bonchev–Trinajstić information content (AvgIpc) is 3.21. The molecule has 1 fully saturated rings. The first-order valence-electron chi connectivity index (χ1n) is 9.88. The van der Waals surface area contributed by atoms with Crippen molar-refractivity contribution in [3.8, 4) is 0 Å². The van der Waals surface area contributed by atoms with E-state index in [4.69, 9.17) is 11.6 Å². The number of thiazole rings is 1. The van der Waals surface area contributed by atoms with Crippen molar-refractivity contribution >= 4 is 44.3 Å². The summed E-state index contributed by atoms with van der Waals surface area (Å²) in [7, 11) is 0. The van der Waals surface area contributed by atoms with Crippen LogP contribution in [0, 0.1) is 0 Å². The highest BCUT2D eigenvalue weighted by molar-refractivity contribution is 7.22. The molecule has 1 amide bonds. The molecule has 2 aromatic heterocycles. The number of halogens is 1. The molecule has 0 bridgehead atoms. The molecule has 4 rings (SSSR count). The molecule has 3 heterocycles. The molecule has 0 saturated carbocycles. The number of carbonyl (C=O) groups excluding carboxylic acids is 1. The molecule has 0 unspecified atom stereocenters. The van der Waals surface area contributed by atoms with Gasteiger partial charge in [-0.25, -0.2) is 4.98 Å². The largest absolute Gasteiger partial charge is 0.350 e. The number of benzene rings is 1. The second-order valence-electron chi connectivity index (χ2n) is 7.15. The number of hydrogen-bond donors (Lipinski definition) is 1. The molecule has 1 aliphatic rings. The Balaban J connectivity index is 1.43. The maximum atomic E-state index is 12.8. The van der Waals surface area contributed by atoms with Gasteiger partial charge in [0.1, 0.15) is 17.6 Å². The van der Waals surface area contributed by atoms with Crippen LogP contribution in [0.1, 0.15) is 12.5 Å². The maximum absolute atomic E-state index is 12.8. The zero-order chi connectivity index (χ0) is 21.1. The number of likely N-dealkylation sites (N-methyl/N-ethyl adjacent to an activating group) is 1. The van der Waals surface area contributed by atoms with E-state index in [2.05, 4.69) is 32.0 Å². The molecule has 0 spiro atoms. The van der Waals surface area contributed by atoms with E-state index in [-0.39, 0.29) is 18.0 Å². The van der Waals surface area contributed by atoms with E-state index in [1.165, 1.54) is 22.2 Å². The van der Waals surface area contributed by atoms with Crippen LogP contribution >= 0.6 is 22.9 Å². The third-order valence-electron chi connectivity index (χ3n) is 5.18. The molecule has 1 aromatic carbocycles. The van der Waals surface area contributed by atoms with Gasteiger partial charge in [-0.05, 0) is 24.2 Å². The normalized spacial score (nSPS) is 14.9. The highest BCUT2D eigenvalue weighted by atomic mass is 35.5. The lowest BCUT2D eigenvalue weighted by Crippen LogP contribution is -2.46. The molecule has 1 N–H and O–H groups in total. The Bertz CT molecular complexity index is 1090. The number of nitrogens with zero attached hydrogens (tertiary/aromatic N) is 5. The van der Waals surface area contributed by atoms with Crippen LogP contribution in [0.15, 0.2) is 35.4 Å². The van der Waals surface area contributed by atoms with Gasteiger partial charge in [-0.15, -0.1) is 0 Å². The molecule has 1 saturated heterocycles. The van der Waals surface area contributed by atoms with Crippen LogP contribution in [0.4, 0.5) is 5.13 Å². The molecule has 3 aromatic rings. The Morgan fingerprint density at radius 2 is 1.93 bits per heavy atom. The number of nitrogens with one attached hydrogen (secondary N) is 1. The topological polar surface area (TPSA) is 83.4 Å². The zero-order valence-corrected chi connectivity index (χ0v) is 18.2. The molecular formula is C20H23ClN6O2S. The Labute approximate surface area is 183 Å². The summed E-state index contributed by atoms with van der Waals surface area (Å²) in [5, 5.41) is 4.27. The van der Waals surface area contributed by atoms with Gasteiger partial charge in [-0.3, -0.25) is 14.2 Å². The van der Waals surface area contributed by atoms with Crippen LogP contribution in [-0.4, -0.2) is 58.1 Å². The maximum Gasteiger partial charge on any atom is 0.273 e. The van der Waals surface area contributed by atoms with E-state index >= 15 is 0 Å². The molecule has 158 valence electrons. The fourth-order valence-electron chi connectivity index (χ4n) is 3.35. The zero-order valence-electron chi connectivity index (χ0n) is 16.7. The van der Waals surface area contributed by atoms with Gasteiger partial charge in [0, 0.05) is 37.7 Å². The molecule has 0 radical (unpaired) electrons. The molecule has 0 aliphatic carbocycles. The number of rotatable bonds is 6. The van der Waals surface area contributed by atoms with E-state index in [0.717, 1.165) is 43.4 Å². The van der Waals surface area contributed by atoms with E-state index in [0.29, 0.717) is 21.9 Å². The molecular weight excluding hydrogens is 424 g/mol. The van der Waals surface area contributed by atoms with Crippen molar-refractivity contribution < 1.29 is 4.79 Å². The monoisotopic (exact) mass is 446 g/mol. The quantitative estimate of drug-likeness (QED) is 0.623. The number of fused-ring (bicyclic) bond motifs is 1. The summed E-state index contributed by atoms with van der Waals surface area (Å²) < 4.78 is 1.81. The first kappa shape index (κ1) is 20.8. The summed E-state index contributed by atoms with van der Waals surface area (Å²) in [6, 6.07) is 7.24. The molecule has 8 nitrogen and oxygen atoms in total. The van der Waals surface area contributed by atoms with Crippen molar-refractivity contribution in [2.45, 2.75) is 20.0 Å². The minimum absolute atomic E-state index is 0.0855. The van der Waals surface area contributed by atoms with Crippen LogP contribution in [-0.2, 0) is 17.9 Å². The van der Waals surface area contributed by atoms with Gasteiger partial charge in [-0.1, -0.05) is 42.0 Å². The highest BCUT2D eigenvalue weighted by Gasteiger charge is 2.20. The summed E-state index contributed by atoms with van der Waals surface area (Å²) in [5.74, 6) is -0.256. The summed E-state index contributed by atoms with van der Waals surface area (Å²) in [6.07, 6.45) is 1.39. The summed E-state index contributed by atoms with van der Waals surface area (Å²) in [6.45, 7) is 7.22. The van der Waals surface area contributed by atoms with Crippen molar-refractivity contribution in [1.82, 2.24) is 24.8 Å². The van der Waals surface area contributed by atoms with Gasteiger partial charge in [0.15, 0.2) is 10.8 Å². The third-order valence-corrected chi connectivity index (χ3v) is 6.52. The minimum Gasteiger partial charge on any atom is -0.350 e. The Kier molecular flexibility index (Phi) is 6.31. The predicted octanol–water partition coefficient (Wildman–Crippen LogP) is 1.96. The second-order valence-corrected chi connectivity index (χ2v) is 8.57. The minimum atomic E-state index is -0.256. The molecule has 1 aliphatic heterocycles. The van der Waals surface area contributed by atoms with E-state index < -0.39 is 0 Å². The van der Waals surface area contributed by atoms with E-state index in [1.54, 1.807) is 12.1 Å². The number of amides is 1. The van der Waals surface area contributed by atoms with Crippen LogP contribution < -0.4 is 15.8 Å². The number of hydrogen-bond acceptors (Lipinski definition) is 7. The first-order chi connectivity index (χ1) is 14.5. The summed E-state index contributed by atoms with van der Waals surface area (Å²) in [5.41, 5.74) is 1.14. The van der Waals surface area contributed by atoms with E-state index in [1.807, 2.05) is 12.1 Å². The number of carbonyl (C=O) groups is 1. The van der Waals surface area contributed by atoms with Crippen molar-refractivity contribution in [3.63, 3.8) is 0 Å². The van der Waals surface area contributed by atoms with Gasteiger partial charge in [0.05, 0.1) is 0 Å². The molecule has 10 heteroatoms. The summed E-state index contributed by atoms with van der Waals surface area (Å²) in [4.78, 5) is 38.6. The lowest BCUT2D eigenvalue weighted by Gasteiger charge is -2.33. The van der Waals surface area contributed by atoms with Crippen molar-refractivity contribution in [2.24, 2.45) is 0 Å².